The lowest BCUT2D eigenvalue weighted by Crippen LogP contribution is -2.35. The van der Waals surface area contributed by atoms with Crippen molar-refractivity contribution in [1.82, 2.24) is 10.6 Å². The van der Waals surface area contributed by atoms with E-state index in [1.807, 2.05) is 0 Å². The SMILES string of the molecule is CCCCCCCCCCCCCCCC(=O)N[C@H]1CN[C@@H](C(=O)O)C1. The van der Waals surface area contributed by atoms with Crippen molar-refractivity contribution in [3.8, 4) is 0 Å². The predicted octanol–water partition coefficient (Wildman–Crippen LogP) is 4.40. The molecule has 0 aromatic rings. The Morgan fingerprint density at radius 3 is 1.85 bits per heavy atom. The zero-order valence-corrected chi connectivity index (χ0v) is 16.7. The summed E-state index contributed by atoms with van der Waals surface area (Å²) in [4.78, 5) is 22.8. The summed E-state index contributed by atoms with van der Waals surface area (Å²) >= 11 is 0. The van der Waals surface area contributed by atoms with Crippen LogP contribution in [0, 0.1) is 0 Å². The number of carbonyl (C=O) groups excluding carboxylic acids is 1. The van der Waals surface area contributed by atoms with Gasteiger partial charge < -0.3 is 15.7 Å². The van der Waals surface area contributed by atoms with Crippen molar-refractivity contribution in [1.29, 1.82) is 0 Å². The quantitative estimate of drug-likeness (QED) is 0.353. The number of nitrogens with one attached hydrogen (secondary N) is 2. The maximum Gasteiger partial charge on any atom is 0.320 e. The van der Waals surface area contributed by atoms with Gasteiger partial charge in [0.2, 0.25) is 5.91 Å². The molecule has 0 aromatic carbocycles. The summed E-state index contributed by atoms with van der Waals surface area (Å²) in [6.45, 7) is 2.82. The highest BCUT2D eigenvalue weighted by atomic mass is 16.4. The summed E-state index contributed by atoms with van der Waals surface area (Å²) in [6.07, 6.45) is 18.0. The van der Waals surface area contributed by atoms with Crippen LogP contribution in [0.2, 0.25) is 0 Å². The van der Waals surface area contributed by atoms with Crippen molar-refractivity contribution in [2.75, 3.05) is 6.54 Å². The molecule has 0 spiro atoms. The monoisotopic (exact) mass is 368 g/mol. The standard InChI is InChI=1S/C21H40N2O3/c1-2-3-4-5-6-7-8-9-10-11-12-13-14-15-20(24)23-18-16-19(21(25)26)22-17-18/h18-19,22H,2-17H2,1H3,(H,23,24)(H,25,26)/t18-,19-/m1/s1. The summed E-state index contributed by atoms with van der Waals surface area (Å²) in [6, 6.07) is -0.554. The minimum absolute atomic E-state index is 0.0365. The molecular formula is C21H40N2O3. The average molecular weight is 369 g/mol. The van der Waals surface area contributed by atoms with Crippen molar-refractivity contribution in [3.63, 3.8) is 0 Å². The van der Waals surface area contributed by atoms with Gasteiger partial charge in [0.15, 0.2) is 0 Å². The first-order chi connectivity index (χ1) is 12.6. The molecule has 1 heterocycles. The highest BCUT2D eigenvalue weighted by Gasteiger charge is 2.29. The maximum atomic E-state index is 11.9. The number of carbonyl (C=O) groups is 2. The summed E-state index contributed by atoms with van der Waals surface area (Å²) in [5.41, 5.74) is 0. The summed E-state index contributed by atoms with van der Waals surface area (Å²) in [5, 5.41) is 14.8. The van der Waals surface area contributed by atoms with Gasteiger partial charge in [0.1, 0.15) is 6.04 Å². The highest BCUT2D eigenvalue weighted by Crippen LogP contribution is 2.13. The molecule has 26 heavy (non-hydrogen) atoms. The second-order valence-electron chi connectivity index (χ2n) is 7.79. The molecule has 5 heteroatoms. The van der Waals surface area contributed by atoms with Crippen LogP contribution in [0.15, 0.2) is 0 Å². The topological polar surface area (TPSA) is 78.4 Å². The molecule has 1 aliphatic heterocycles. The van der Waals surface area contributed by atoms with E-state index in [4.69, 9.17) is 5.11 Å². The first-order valence-corrected chi connectivity index (χ1v) is 10.9. The lowest BCUT2D eigenvalue weighted by Gasteiger charge is -2.11. The molecule has 1 saturated heterocycles. The molecule has 152 valence electrons. The zero-order valence-electron chi connectivity index (χ0n) is 16.7. The first kappa shape index (κ1) is 22.9. The van der Waals surface area contributed by atoms with Crippen molar-refractivity contribution in [2.24, 2.45) is 0 Å². The number of rotatable bonds is 16. The third-order valence-electron chi connectivity index (χ3n) is 5.30. The molecule has 0 saturated carbocycles. The normalized spacial score (nSPS) is 19.6. The predicted molar refractivity (Wildman–Crippen MR) is 106 cm³/mol. The number of carboxylic acid groups (broad SMARTS) is 1. The molecule has 0 aromatic heterocycles. The van der Waals surface area contributed by atoms with Gasteiger partial charge in [0, 0.05) is 19.0 Å². The van der Waals surface area contributed by atoms with E-state index in [-0.39, 0.29) is 11.9 Å². The Morgan fingerprint density at radius 1 is 0.885 bits per heavy atom. The van der Waals surface area contributed by atoms with Crippen molar-refractivity contribution in [2.45, 2.75) is 115 Å². The summed E-state index contributed by atoms with van der Waals surface area (Å²) in [7, 11) is 0. The van der Waals surface area contributed by atoms with Crippen LogP contribution in [-0.4, -0.2) is 35.6 Å². The van der Waals surface area contributed by atoms with E-state index in [1.165, 1.54) is 70.6 Å². The minimum Gasteiger partial charge on any atom is -0.480 e. The fourth-order valence-electron chi connectivity index (χ4n) is 3.64. The maximum absolute atomic E-state index is 11.9. The first-order valence-electron chi connectivity index (χ1n) is 10.9. The number of aliphatic carboxylic acids is 1. The van der Waals surface area contributed by atoms with Gasteiger partial charge in [-0.25, -0.2) is 0 Å². The molecule has 1 fully saturated rings. The lowest BCUT2D eigenvalue weighted by atomic mass is 10.0. The van der Waals surface area contributed by atoms with Gasteiger partial charge in [0.05, 0.1) is 0 Å². The molecule has 1 amide bonds. The van der Waals surface area contributed by atoms with Crippen LogP contribution >= 0.6 is 0 Å². The Kier molecular flexibility index (Phi) is 13.2. The Balaban J connectivity index is 1.83. The van der Waals surface area contributed by atoms with Gasteiger partial charge >= 0.3 is 5.97 Å². The third-order valence-corrected chi connectivity index (χ3v) is 5.30. The van der Waals surface area contributed by atoms with Gasteiger partial charge in [-0.2, -0.15) is 0 Å². The van der Waals surface area contributed by atoms with Crippen LogP contribution < -0.4 is 10.6 Å². The van der Waals surface area contributed by atoms with Gasteiger partial charge in [-0.15, -0.1) is 0 Å². The molecule has 2 atom stereocenters. The van der Waals surface area contributed by atoms with Crippen LogP contribution in [0.1, 0.15) is 103 Å². The van der Waals surface area contributed by atoms with Crippen LogP contribution in [0.4, 0.5) is 0 Å². The molecule has 5 nitrogen and oxygen atoms in total. The van der Waals surface area contributed by atoms with Crippen LogP contribution in [0.5, 0.6) is 0 Å². The van der Waals surface area contributed by atoms with Crippen molar-refractivity contribution < 1.29 is 14.7 Å². The Hall–Kier alpha value is -1.10. The number of amides is 1. The van der Waals surface area contributed by atoms with E-state index < -0.39 is 12.0 Å². The number of hydrogen-bond acceptors (Lipinski definition) is 3. The Bertz CT molecular complexity index is 387. The molecular weight excluding hydrogens is 328 g/mol. The third kappa shape index (κ3) is 11.5. The Labute approximate surface area is 159 Å². The zero-order chi connectivity index (χ0) is 19.0. The molecule has 1 rings (SSSR count). The molecule has 3 N–H and O–H groups in total. The number of hydrogen-bond donors (Lipinski definition) is 3. The van der Waals surface area contributed by atoms with E-state index >= 15 is 0 Å². The van der Waals surface area contributed by atoms with E-state index in [9.17, 15) is 9.59 Å². The average Bonchev–Trinajstić information content (AvgIpc) is 3.07. The fraction of sp³-hybridized carbons (Fsp3) is 0.905. The smallest absolute Gasteiger partial charge is 0.320 e. The van der Waals surface area contributed by atoms with E-state index in [1.54, 1.807) is 0 Å². The lowest BCUT2D eigenvalue weighted by molar-refractivity contribution is -0.139. The summed E-state index contributed by atoms with van der Waals surface area (Å²) in [5.74, 6) is -0.774. The van der Waals surface area contributed by atoms with Crippen LogP contribution in [0.25, 0.3) is 0 Å². The molecule has 1 aliphatic rings. The van der Waals surface area contributed by atoms with Crippen molar-refractivity contribution >= 4 is 11.9 Å². The van der Waals surface area contributed by atoms with Crippen LogP contribution in [0.3, 0.4) is 0 Å². The summed E-state index contributed by atoms with van der Waals surface area (Å²) < 4.78 is 0. The van der Waals surface area contributed by atoms with E-state index in [0.29, 0.717) is 19.4 Å². The van der Waals surface area contributed by atoms with Crippen LogP contribution in [-0.2, 0) is 9.59 Å². The highest BCUT2D eigenvalue weighted by molar-refractivity contribution is 5.77. The van der Waals surface area contributed by atoms with Gasteiger partial charge in [0.25, 0.3) is 0 Å². The molecule has 0 bridgehead atoms. The largest absolute Gasteiger partial charge is 0.480 e. The molecule has 0 unspecified atom stereocenters. The Morgan fingerprint density at radius 2 is 1.38 bits per heavy atom. The number of unbranched alkanes of at least 4 members (excludes halogenated alkanes) is 12. The van der Waals surface area contributed by atoms with E-state index in [2.05, 4.69) is 17.6 Å². The van der Waals surface area contributed by atoms with Gasteiger partial charge in [-0.1, -0.05) is 84.0 Å². The van der Waals surface area contributed by atoms with E-state index in [0.717, 1.165) is 12.8 Å². The second-order valence-corrected chi connectivity index (χ2v) is 7.79. The van der Waals surface area contributed by atoms with Gasteiger partial charge in [-0.05, 0) is 12.8 Å². The fourth-order valence-corrected chi connectivity index (χ4v) is 3.64. The van der Waals surface area contributed by atoms with Crippen molar-refractivity contribution in [3.05, 3.63) is 0 Å². The minimum atomic E-state index is -0.835. The molecule has 0 radical (unpaired) electrons. The molecule has 0 aliphatic carbocycles. The number of carboxylic acids is 1. The second kappa shape index (κ2) is 15.0. The van der Waals surface area contributed by atoms with Gasteiger partial charge in [-0.3, -0.25) is 9.59 Å².